The van der Waals surface area contributed by atoms with Crippen LogP contribution in [-0.4, -0.2) is 28.2 Å². The third-order valence-corrected chi connectivity index (χ3v) is 5.92. The molecule has 0 bridgehead atoms. The van der Waals surface area contributed by atoms with E-state index in [9.17, 15) is 9.90 Å². The molecule has 3 heterocycles. The number of hydrogen-bond acceptors (Lipinski definition) is 4. The van der Waals surface area contributed by atoms with E-state index in [2.05, 4.69) is 16.9 Å². The number of imidazole rings is 1. The van der Waals surface area contributed by atoms with Crippen molar-refractivity contribution in [2.45, 2.75) is 26.3 Å². The van der Waals surface area contributed by atoms with Gasteiger partial charge < -0.3 is 19.4 Å². The van der Waals surface area contributed by atoms with Crippen molar-refractivity contribution >= 4 is 22.0 Å². The first-order chi connectivity index (χ1) is 14.1. The van der Waals surface area contributed by atoms with Gasteiger partial charge in [0.2, 0.25) is 0 Å². The lowest BCUT2D eigenvalue weighted by Gasteiger charge is -2.28. The zero-order valence-electron chi connectivity index (χ0n) is 16.4. The van der Waals surface area contributed by atoms with Gasteiger partial charge in [0.1, 0.15) is 23.7 Å². The summed E-state index contributed by atoms with van der Waals surface area (Å²) in [6, 6.07) is 12.9. The van der Waals surface area contributed by atoms with Crippen molar-refractivity contribution in [3.8, 4) is 17.1 Å². The molecule has 2 unspecified atom stereocenters. The molecule has 0 amide bonds. The molecule has 0 saturated carbocycles. The molecular formula is C23H24N3O3+. The second-order valence-corrected chi connectivity index (χ2v) is 8.16. The first kappa shape index (κ1) is 17.9. The highest BCUT2D eigenvalue weighted by molar-refractivity contribution is 5.86. The molecule has 6 nitrogen and oxygen atoms in total. The lowest BCUT2D eigenvalue weighted by Crippen LogP contribution is -3.12. The molecule has 1 aliphatic rings. The van der Waals surface area contributed by atoms with Crippen molar-refractivity contribution < 1.29 is 14.4 Å². The molecule has 2 aromatic carbocycles. The maximum atomic E-state index is 12.8. The molecule has 29 heavy (non-hydrogen) atoms. The highest BCUT2D eigenvalue weighted by Gasteiger charge is 2.23. The number of benzene rings is 2. The fourth-order valence-corrected chi connectivity index (χ4v) is 4.46. The van der Waals surface area contributed by atoms with E-state index in [-0.39, 0.29) is 5.75 Å². The minimum absolute atomic E-state index is 0.183. The lowest BCUT2D eigenvalue weighted by molar-refractivity contribution is -0.922. The van der Waals surface area contributed by atoms with Crippen molar-refractivity contribution in [2.24, 2.45) is 5.92 Å². The van der Waals surface area contributed by atoms with Crippen LogP contribution in [0.4, 0.5) is 0 Å². The fraction of sp³-hybridized carbons (Fsp3) is 0.304. The molecule has 1 fully saturated rings. The third-order valence-electron chi connectivity index (χ3n) is 5.92. The number of aromatic hydroxyl groups is 1. The first-order valence-electron chi connectivity index (χ1n) is 10.2. The maximum absolute atomic E-state index is 12.8. The van der Waals surface area contributed by atoms with Crippen LogP contribution < -0.4 is 10.5 Å². The molecule has 0 radical (unpaired) electrons. The molecule has 4 aromatic rings. The van der Waals surface area contributed by atoms with E-state index in [1.807, 2.05) is 24.3 Å². The van der Waals surface area contributed by atoms with Gasteiger partial charge in [-0.25, -0.2) is 9.78 Å². The minimum atomic E-state index is -0.453. The summed E-state index contributed by atoms with van der Waals surface area (Å²) in [4.78, 5) is 21.9. The summed E-state index contributed by atoms with van der Waals surface area (Å²) in [5.74, 6) is 1.34. The highest BCUT2D eigenvalue weighted by Crippen LogP contribution is 2.28. The Kier molecular flexibility index (Phi) is 4.36. The van der Waals surface area contributed by atoms with Gasteiger partial charge in [-0.2, -0.15) is 0 Å². The molecule has 1 saturated heterocycles. The number of fused-ring (bicyclic) bond motifs is 2. The summed E-state index contributed by atoms with van der Waals surface area (Å²) in [7, 11) is 0. The number of hydrogen-bond donors (Lipinski definition) is 3. The van der Waals surface area contributed by atoms with Crippen molar-refractivity contribution in [3.05, 3.63) is 58.4 Å². The number of rotatable bonds is 3. The number of piperidine rings is 1. The lowest BCUT2D eigenvalue weighted by atomic mass is 9.99. The average molecular weight is 390 g/mol. The maximum Gasteiger partial charge on any atom is 0.347 e. The Morgan fingerprint density at radius 3 is 2.97 bits per heavy atom. The highest BCUT2D eigenvalue weighted by atomic mass is 16.4. The van der Waals surface area contributed by atoms with Gasteiger partial charge in [-0.3, -0.25) is 0 Å². The number of phenolic OH excluding ortho intramolecular Hbond substituents is 1. The van der Waals surface area contributed by atoms with Gasteiger partial charge in [0.25, 0.3) is 0 Å². The van der Waals surface area contributed by atoms with E-state index >= 15 is 0 Å². The summed E-state index contributed by atoms with van der Waals surface area (Å²) < 4.78 is 5.73. The van der Waals surface area contributed by atoms with Gasteiger partial charge in [-0.1, -0.05) is 19.1 Å². The van der Waals surface area contributed by atoms with E-state index < -0.39 is 5.63 Å². The van der Waals surface area contributed by atoms with Crippen LogP contribution in [-0.2, 0) is 6.54 Å². The Bertz CT molecular complexity index is 1220. The predicted octanol–water partition coefficient (Wildman–Crippen LogP) is 2.86. The number of aromatic nitrogens is 2. The summed E-state index contributed by atoms with van der Waals surface area (Å²) in [6.07, 6.45) is 2.43. The normalized spacial score (nSPS) is 19.8. The SMILES string of the molecule is CC1CCC[NH+](Cc2c(O)ccc3cc(-c4nc5ccccc5[nH]4)c(=O)oc23)C1. The second kappa shape index (κ2) is 7.04. The minimum Gasteiger partial charge on any atom is -0.507 e. The summed E-state index contributed by atoms with van der Waals surface area (Å²) >= 11 is 0. The van der Waals surface area contributed by atoms with Crippen LogP contribution >= 0.6 is 0 Å². The molecule has 5 rings (SSSR count). The van der Waals surface area contributed by atoms with Crippen LogP contribution in [0.5, 0.6) is 5.75 Å². The molecule has 2 atom stereocenters. The molecule has 0 spiro atoms. The standard InChI is InChI=1S/C23H23N3O3/c1-14-5-4-10-26(12-14)13-17-20(27)9-8-15-11-16(23(28)29-21(15)17)22-24-18-6-2-3-7-19(18)25-22/h2-3,6-9,11,14,27H,4-5,10,12-13H2,1H3,(H,24,25)/p+1. The van der Waals surface area contributed by atoms with Crippen molar-refractivity contribution in [3.63, 3.8) is 0 Å². The Morgan fingerprint density at radius 1 is 1.28 bits per heavy atom. The number of nitrogens with one attached hydrogen (secondary N) is 2. The Hall–Kier alpha value is -3.12. The number of para-hydroxylation sites is 2. The number of H-pyrrole nitrogens is 1. The monoisotopic (exact) mass is 390 g/mol. The number of aromatic amines is 1. The molecule has 3 N–H and O–H groups in total. The molecule has 6 heteroatoms. The second-order valence-electron chi connectivity index (χ2n) is 8.16. The average Bonchev–Trinajstić information content (AvgIpc) is 3.14. The van der Waals surface area contributed by atoms with Crippen molar-refractivity contribution in [1.82, 2.24) is 9.97 Å². The van der Waals surface area contributed by atoms with E-state index in [0.29, 0.717) is 35.0 Å². The van der Waals surface area contributed by atoms with Crippen LogP contribution in [0.25, 0.3) is 33.4 Å². The van der Waals surface area contributed by atoms with E-state index in [0.717, 1.165) is 29.5 Å². The van der Waals surface area contributed by atoms with E-state index in [1.165, 1.54) is 17.7 Å². The van der Waals surface area contributed by atoms with Crippen LogP contribution in [0.1, 0.15) is 25.3 Å². The topological polar surface area (TPSA) is 83.6 Å². The zero-order chi connectivity index (χ0) is 20.0. The predicted molar refractivity (Wildman–Crippen MR) is 112 cm³/mol. The first-order valence-corrected chi connectivity index (χ1v) is 10.2. The summed E-state index contributed by atoms with van der Waals surface area (Å²) in [5, 5.41) is 11.3. The Morgan fingerprint density at radius 2 is 2.14 bits per heavy atom. The Labute approximate surface area is 167 Å². The van der Waals surface area contributed by atoms with Crippen LogP contribution in [0.3, 0.4) is 0 Å². The van der Waals surface area contributed by atoms with E-state index in [4.69, 9.17) is 4.42 Å². The van der Waals surface area contributed by atoms with Gasteiger partial charge in [0, 0.05) is 11.3 Å². The molecule has 148 valence electrons. The number of nitrogens with zero attached hydrogens (tertiary/aromatic N) is 1. The third kappa shape index (κ3) is 3.29. The van der Waals surface area contributed by atoms with Gasteiger partial charge in [0.05, 0.1) is 29.7 Å². The number of likely N-dealkylation sites (tertiary alicyclic amines) is 1. The van der Waals surface area contributed by atoms with E-state index in [1.54, 1.807) is 18.2 Å². The molecule has 0 aliphatic carbocycles. The van der Waals surface area contributed by atoms with Gasteiger partial charge in [-0.15, -0.1) is 0 Å². The van der Waals surface area contributed by atoms with Gasteiger partial charge >= 0.3 is 5.63 Å². The van der Waals surface area contributed by atoms with Crippen LogP contribution in [0.15, 0.2) is 51.7 Å². The number of phenols is 1. The number of quaternary nitrogens is 1. The summed E-state index contributed by atoms with van der Waals surface area (Å²) in [6.45, 7) is 5.06. The molecule has 1 aliphatic heterocycles. The molecular weight excluding hydrogens is 366 g/mol. The molecule has 2 aromatic heterocycles. The smallest absolute Gasteiger partial charge is 0.347 e. The largest absolute Gasteiger partial charge is 0.507 e. The zero-order valence-corrected chi connectivity index (χ0v) is 16.4. The van der Waals surface area contributed by atoms with Gasteiger partial charge in [-0.05, 0) is 43.2 Å². The Balaban J connectivity index is 1.59. The summed E-state index contributed by atoms with van der Waals surface area (Å²) in [5.41, 5.74) is 2.79. The fourth-order valence-electron chi connectivity index (χ4n) is 4.46. The quantitative estimate of drug-likeness (QED) is 0.470. The van der Waals surface area contributed by atoms with Crippen molar-refractivity contribution in [2.75, 3.05) is 13.1 Å². The van der Waals surface area contributed by atoms with Crippen molar-refractivity contribution in [1.29, 1.82) is 0 Å². The van der Waals surface area contributed by atoms with Gasteiger partial charge in [0.15, 0.2) is 5.58 Å². The van der Waals surface area contributed by atoms with Crippen LogP contribution in [0.2, 0.25) is 0 Å². The van der Waals surface area contributed by atoms with Crippen LogP contribution in [0, 0.1) is 5.92 Å².